The zero-order chi connectivity index (χ0) is 28.8. The number of ether oxygens (including phenoxy) is 1. The maximum Gasteiger partial charge on any atom is 0.264 e. The third kappa shape index (κ3) is 6.96. The second kappa shape index (κ2) is 12.2. The van der Waals surface area contributed by atoms with Crippen molar-refractivity contribution in [3.8, 4) is 5.75 Å². The van der Waals surface area contributed by atoms with Crippen LogP contribution in [-0.4, -0.2) is 35.9 Å². The van der Waals surface area contributed by atoms with Crippen molar-refractivity contribution in [2.75, 3.05) is 27.5 Å². The van der Waals surface area contributed by atoms with Crippen LogP contribution < -0.4 is 19.1 Å². The molecule has 0 fully saturated rings. The molecule has 4 rings (SSSR count). The molecule has 12 heteroatoms. The number of anilines is 3. The smallest absolute Gasteiger partial charge is 0.264 e. The average molecular weight is 584 g/mol. The van der Waals surface area contributed by atoms with E-state index in [-0.39, 0.29) is 21.2 Å². The van der Waals surface area contributed by atoms with E-state index in [2.05, 4.69) is 10.0 Å². The predicted molar refractivity (Wildman–Crippen MR) is 151 cm³/mol. The summed E-state index contributed by atoms with van der Waals surface area (Å²) in [5, 5.41) is 2.59. The van der Waals surface area contributed by atoms with Gasteiger partial charge in [0.2, 0.25) is 5.91 Å². The fourth-order valence-corrected chi connectivity index (χ4v) is 6.17. The lowest BCUT2D eigenvalue weighted by Gasteiger charge is -2.24. The van der Waals surface area contributed by atoms with Gasteiger partial charge in [0.25, 0.3) is 20.0 Å². The molecule has 0 bridgehead atoms. The Bertz CT molecular complexity index is 1660. The van der Waals surface area contributed by atoms with E-state index in [1.54, 1.807) is 42.5 Å². The molecule has 4 aromatic carbocycles. The van der Waals surface area contributed by atoms with Gasteiger partial charge in [-0.25, -0.2) is 21.2 Å². The quantitative estimate of drug-likeness (QED) is 0.260. The summed E-state index contributed by atoms with van der Waals surface area (Å²) in [5.74, 6) is -0.766. The first kappa shape index (κ1) is 28.6. The Labute approximate surface area is 232 Å². The number of halogens is 1. The summed E-state index contributed by atoms with van der Waals surface area (Å²) in [6.07, 6.45) is 0. The summed E-state index contributed by atoms with van der Waals surface area (Å²) in [6, 6.07) is 24.2. The van der Waals surface area contributed by atoms with E-state index in [4.69, 9.17) is 4.74 Å². The van der Waals surface area contributed by atoms with Crippen LogP contribution in [0, 0.1) is 5.82 Å². The number of benzene rings is 4. The highest BCUT2D eigenvalue weighted by molar-refractivity contribution is 7.93. The van der Waals surface area contributed by atoms with Gasteiger partial charge in [-0.1, -0.05) is 18.2 Å². The van der Waals surface area contributed by atoms with Gasteiger partial charge >= 0.3 is 0 Å². The monoisotopic (exact) mass is 583 g/mol. The van der Waals surface area contributed by atoms with Crippen molar-refractivity contribution in [2.24, 2.45) is 0 Å². The van der Waals surface area contributed by atoms with Gasteiger partial charge in [-0.3, -0.25) is 13.8 Å². The van der Waals surface area contributed by atoms with Crippen LogP contribution in [0.1, 0.15) is 6.92 Å². The van der Waals surface area contributed by atoms with Crippen molar-refractivity contribution in [1.82, 2.24) is 0 Å². The Morgan fingerprint density at radius 2 is 1.38 bits per heavy atom. The molecule has 0 aliphatic rings. The van der Waals surface area contributed by atoms with Crippen molar-refractivity contribution in [3.63, 3.8) is 0 Å². The largest absolute Gasteiger partial charge is 0.494 e. The van der Waals surface area contributed by atoms with Crippen LogP contribution in [0.3, 0.4) is 0 Å². The zero-order valence-electron chi connectivity index (χ0n) is 21.3. The van der Waals surface area contributed by atoms with Gasteiger partial charge in [-0.2, -0.15) is 0 Å². The van der Waals surface area contributed by atoms with Gasteiger partial charge in [0.1, 0.15) is 18.1 Å². The van der Waals surface area contributed by atoms with Gasteiger partial charge in [-0.05, 0) is 91.9 Å². The molecule has 0 aromatic heterocycles. The molecular weight excluding hydrogens is 557 g/mol. The Balaban J connectivity index is 1.54. The summed E-state index contributed by atoms with van der Waals surface area (Å²) >= 11 is 0. The summed E-state index contributed by atoms with van der Waals surface area (Å²) in [4.78, 5) is 12.8. The molecular formula is C28H26FN3O6S2. The van der Waals surface area contributed by atoms with Crippen molar-refractivity contribution in [1.29, 1.82) is 0 Å². The minimum atomic E-state index is -4.26. The van der Waals surface area contributed by atoms with Crippen LogP contribution in [0.25, 0.3) is 0 Å². The highest BCUT2D eigenvalue weighted by Crippen LogP contribution is 2.26. The molecule has 0 unspecified atom stereocenters. The highest BCUT2D eigenvalue weighted by Gasteiger charge is 2.27. The summed E-state index contributed by atoms with van der Waals surface area (Å²) < 4.78 is 74.5. The summed E-state index contributed by atoms with van der Waals surface area (Å²) in [6.45, 7) is 1.62. The zero-order valence-corrected chi connectivity index (χ0v) is 23.0. The van der Waals surface area contributed by atoms with Gasteiger partial charge in [0, 0.05) is 11.4 Å². The lowest BCUT2D eigenvalue weighted by atomic mass is 10.3. The number of hydrogen-bond acceptors (Lipinski definition) is 6. The van der Waals surface area contributed by atoms with E-state index in [9.17, 15) is 26.0 Å². The topological polar surface area (TPSA) is 122 Å². The first-order valence-corrected chi connectivity index (χ1v) is 15.0. The van der Waals surface area contributed by atoms with Crippen molar-refractivity contribution < 1.29 is 30.8 Å². The molecule has 0 heterocycles. The third-order valence-corrected chi connectivity index (χ3v) is 8.78. The number of rotatable bonds is 11. The Kier molecular flexibility index (Phi) is 8.70. The fraction of sp³-hybridized carbons (Fsp3) is 0.107. The van der Waals surface area contributed by atoms with E-state index >= 15 is 0 Å². The Morgan fingerprint density at radius 3 is 1.98 bits per heavy atom. The number of sulfonamides is 2. The molecule has 0 radical (unpaired) electrons. The number of carbonyl (C=O) groups excluding carboxylic acids is 1. The van der Waals surface area contributed by atoms with Gasteiger partial charge < -0.3 is 10.1 Å². The lowest BCUT2D eigenvalue weighted by Crippen LogP contribution is -2.38. The van der Waals surface area contributed by atoms with Crippen molar-refractivity contribution in [3.05, 3.63) is 109 Å². The van der Waals surface area contributed by atoms with Gasteiger partial charge in [-0.15, -0.1) is 0 Å². The maximum atomic E-state index is 13.5. The van der Waals surface area contributed by atoms with Crippen LogP contribution in [0.4, 0.5) is 21.5 Å². The Hall–Kier alpha value is -4.42. The van der Waals surface area contributed by atoms with Gasteiger partial charge in [0.05, 0.1) is 22.1 Å². The average Bonchev–Trinajstić information content (AvgIpc) is 2.93. The third-order valence-electron chi connectivity index (χ3n) is 5.60. The molecule has 0 saturated heterocycles. The number of carbonyl (C=O) groups is 1. The van der Waals surface area contributed by atoms with E-state index in [1.165, 1.54) is 36.4 Å². The van der Waals surface area contributed by atoms with Crippen LogP contribution in [0.15, 0.2) is 113 Å². The standard InChI is InChI=1S/C28H26FN3O6S2/c1-2-38-25-14-12-24(13-15-25)32(40(36,37)27-16-8-21(29)9-17-27)20-28(33)30-22-10-18-26(19-11-22)39(34,35)31-23-6-4-3-5-7-23/h3-19,31H,2,20H2,1H3,(H,30,33). The maximum absolute atomic E-state index is 13.5. The van der Waals surface area contributed by atoms with E-state index in [0.717, 1.165) is 28.6 Å². The number of para-hydroxylation sites is 1. The van der Waals surface area contributed by atoms with Crippen molar-refractivity contribution >= 4 is 43.0 Å². The molecule has 0 aliphatic carbocycles. The molecule has 40 heavy (non-hydrogen) atoms. The SMILES string of the molecule is CCOc1ccc(N(CC(=O)Nc2ccc(S(=O)(=O)Nc3ccccc3)cc2)S(=O)(=O)c2ccc(F)cc2)cc1. The predicted octanol–water partition coefficient (Wildman–Crippen LogP) is 4.86. The first-order chi connectivity index (χ1) is 19.1. The summed E-state index contributed by atoms with van der Waals surface area (Å²) in [7, 11) is -8.12. The minimum Gasteiger partial charge on any atom is -0.494 e. The van der Waals surface area contributed by atoms with Crippen LogP contribution in [-0.2, 0) is 24.8 Å². The van der Waals surface area contributed by atoms with Crippen molar-refractivity contribution in [2.45, 2.75) is 16.7 Å². The summed E-state index contributed by atoms with van der Waals surface area (Å²) in [5.41, 5.74) is 0.850. The second-order valence-corrected chi connectivity index (χ2v) is 12.0. The second-order valence-electron chi connectivity index (χ2n) is 8.44. The lowest BCUT2D eigenvalue weighted by molar-refractivity contribution is -0.114. The number of hydrogen-bond donors (Lipinski definition) is 2. The van der Waals surface area contributed by atoms with Gasteiger partial charge in [0.15, 0.2) is 0 Å². The molecule has 9 nitrogen and oxygen atoms in total. The highest BCUT2D eigenvalue weighted by atomic mass is 32.2. The molecule has 0 saturated carbocycles. The van der Waals surface area contributed by atoms with E-state index in [1.807, 2.05) is 6.92 Å². The number of nitrogens with one attached hydrogen (secondary N) is 2. The minimum absolute atomic E-state index is 0.0238. The van der Waals surface area contributed by atoms with E-state index in [0.29, 0.717) is 18.0 Å². The molecule has 208 valence electrons. The molecule has 1 amide bonds. The molecule has 2 N–H and O–H groups in total. The molecule has 4 aromatic rings. The van der Waals surface area contributed by atoms with Crippen LogP contribution >= 0.6 is 0 Å². The Morgan fingerprint density at radius 1 is 0.775 bits per heavy atom. The number of nitrogens with zero attached hydrogens (tertiary/aromatic N) is 1. The molecule has 0 aliphatic heterocycles. The fourth-order valence-electron chi connectivity index (χ4n) is 3.69. The normalized spacial score (nSPS) is 11.4. The van der Waals surface area contributed by atoms with E-state index < -0.39 is 38.3 Å². The number of amides is 1. The van der Waals surface area contributed by atoms with Crippen LogP contribution in [0.5, 0.6) is 5.75 Å². The molecule has 0 atom stereocenters. The van der Waals surface area contributed by atoms with Crippen LogP contribution in [0.2, 0.25) is 0 Å². The first-order valence-electron chi connectivity index (χ1n) is 12.1. The molecule has 0 spiro atoms.